The highest BCUT2D eigenvalue weighted by molar-refractivity contribution is 5.46. The Morgan fingerprint density at radius 1 is 0.682 bits per heavy atom. The zero-order valence-electron chi connectivity index (χ0n) is 14.2. The molecule has 1 aliphatic rings. The van der Waals surface area contributed by atoms with Gasteiger partial charge in [-0.1, -0.05) is 57.8 Å². The van der Waals surface area contributed by atoms with Crippen molar-refractivity contribution < 1.29 is 9.84 Å². The van der Waals surface area contributed by atoms with Crippen molar-refractivity contribution in [2.75, 3.05) is 7.11 Å². The van der Waals surface area contributed by atoms with Crippen LogP contribution in [-0.2, 0) is 12.8 Å². The van der Waals surface area contributed by atoms with Crippen LogP contribution in [0, 0.1) is 0 Å². The maximum Gasteiger partial charge on any atom is 0.122 e. The van der Waals surface area contributed by atoms with E-state index in [1.807, 2.05) is 12.1 Å². The molecule has 22 heavy (non-hydrogen) atoms. The first-order chi connectivity index (χ1) is 10.8. The van der Waals surface area contributed by atoms with Gasteiger partial charge in [-0.15, -0.1) is 0 Å². The van der Waals surface area contributed by atoms with Crippen LogP contribution in [0.25, 0.3) is 0 Å². The van der Waals surface area contributed by atoms with Crippen LogP contribution in [0.15, 0.2) is 12.1 Å². The predicted molar refractivity (Wildman–Crippen MR) is 92.9 cm³/mol. The van der Waals surface area contributed by atoms with Gasteiger partial charge < -0.3 is 9.84 Å². The number of rotatable bonds is 1. The minimum atomic E-state index is 0.521. The van der Waals surface area contributed by atoms with E-state index in [-0.39, 0.29) is 0 Å². The standard InChI is InChI=1S/C20H32O2/c1-22-19-15-17-13-11-9-7-5-3-2-4-6-8-10-12-14-18(16-19)20(17)21/h15-16,21H,2-14H2,1H3. The van der Waals surface area contributed by atoms with Crippen LogP contribution < -0.4 is 4.74 Å². The molecule has 2 nitrogen and oxygen atoms in total. The SMILES string of the molecule is COc1cc2c(O)c(c1)CCCCCCCCCCCCC2. The molecule has 2 heteroatoms. The number of benzene rings is 1. The summed E-state index contributed by atoms with van der Waals surface area (Å²) in [5, 5.41) is 10.5. The molecule has 1 N–H and O–H groups in total. The fourth-order valence-corrected chi connectivity index (χ4v) is 3.45. The van der Waals surface area contributed by atoms with Crippen molar-refractivity contribution >= 4 is 0 Å². The normalized spacial score (nSPS) is 18.8. The minimum absolute atomic E-state index is 0.521. The first-order valence-corrected chi connectivity index (χ1v) is 9.20. The summed E-state index contributed by atoms with van der Waals surface area (Å²) in [6.45, 7) is 0. The second-order valence-electron chi connectivity index (χ2n) is 6.68. The quantitative estimate of drug-likeness (QED) is 0.711. The molecule has 0 aromatic heterocycles. The number of ether oxygens (including phenoxy) is 1. The number of aromatic hydroxyl groups is 1. The Balaban J connectivity index is 2.05. The number of hydrogen-bond acceptors (Lipinski definition) is 2. The van der Waals surface area contributed by atoms with E-state index in [0.717, 1.165) is 29.7 Å². The number of fused-ring (bicyclic) bond motifs is 2. The Kier molecular flexibility index (Phi) is 7.62. The fourth-order valence-electron chi connectivity index (χ4n) is 3.45. The molecule has 2 bridgehead atoms. The highest BCUT2D eigenvalue weighted by Crippen LogP contribution is 2.31. The molecule has 0 saturated heterocycles. The molecular weight excluding hydrogens is 272 g/mol. The Morgan fingerprint density at radius 3 is 1.41 bits per heavy atom. The second kappa shape index (κ2) is 9.76. The van der Waals surface area contributed by atoms with Gasteiger partial charge in [0.1, 0.15) is 11.5 Å². The van der Waals surface area contributed by atoms with Gasteiger partial charge >= 0.3 is 0 Å². The molecule has 0 aliphatic heterocycles. The zero-order valence-corrected chi connectivity index (χ0v) is 14.2. The molecule has 0 unspecified atom stereocenters. The summed E-state index contributed by atoms with van der Waals surface area (Å²) in [7, 11) is 1.71. The van der Waals surface area contributed by atoms with Gasteiger partial charge in [-0.05, 0) is 48.9 Å². The zero-order chi connectivity index (χ0) is 15.6. The number of phenols is 1. The molecule has 124 valence electrons. The van der Waals surface area contributed by atoms with Crippen LogP contribution >= 0.6 is 0 Å². The average Bonchev–Trinajstić information content (AvgIpc) is 2.53. The van der Waals surface area contributed by atoms with Gasteiger partial charge in [0.25, 0.3) is 0 Å². The topological polar surface area (TPSA) is 29.5 Å². The van der Waals surface area contributed by atoms with Crippen molar-refractivity contribution in [2.45, 2.75) is 83.5 Å². The van der Waals surface area contributed by atoms with E-state index in [1.54, 1.807) is 7.11 Å². The third-order valence-corrected chi connectivity index (χ3v) is 4.87. The highest BCUT2D eigenvalue weighted by atomic mass is 16.5. The van der Waals surface area contributed by atoms with E-state index in [1.165, 1.54) is 70.6 Å². The molecule has 1 aromatic rings. The molecule has 0 fully saturated rings. The molecule has 2 rings (SSSR count). The summed E-state index contributed by atoms with van der Waals surface area (Å²) in [5.74, 6) is 1.41. The Morgan fingerprint density at radius 2 is 1.05 bits per heavy atom. The third-order valence-electron chi connectivity index (χ3n) is 4.87. The van der Waals surface area contributed by atoms with Gasteiger partial charge in [-0.2, -0.15) is 0 Å². The first-order valence-electron chi connectivity index (χ1n) is 9.20. The van der Waals surface area contributed by atoms with Crippen LogP contribution in [0.4, 0.5) is 0 Å². The van der Waals surface area contributed by atoms with Gasteiger partial charge in [0.05, 0.1) is 7.11 Å². The molecule has 0 spiro atoms. The predicted octanol–water partition coefficient (Wildman–Crippen LogP) is 5.79. The van der Waals surface area contributed by atoms with Crippen LogP contribution in [0.2, 0.25) is 0 Å². The second-order valence-corrected chi connectivity index (χ2v) is 6.68. The maximum absolute atomic E-state index is 10.5. The summed E-state index contributed by atoms with van der Waals surface area (Å²) in [6, 6.07) is 4.03. The van der Waals surface area contributed by atoms with Crippen molar-refractivity contribution in [3.05, 3.63) is 23.3 Å². The molecule has 0 atom stereocenters. The summed E-state index contributed by atoms with van der Waals surface area (Å²) in [5.41, 5.74) is 2.14. The monoisotopic (exact) mass is 304 g/mol. The molecule has 0 heterocycles. The molecule has 0 saturated carbocycles. The number of aryl methyl sites for hydroxylation is 2. The van der Waals surface area contributed by atoms with Crippen molar-refractivity contribution in [2.24, 2.45) is 0 Å². The van der Waals surface area contributed by atoms with Crippen molar-refractivity contribution in [1.82, 2.24) is 0 Å². The van der Waals surface area contributed by atoms with Gasteiger partial charge in [-0.25, -0.2) is 0 Å². The summed E-state index contributed by atoms with van der Waals surface area (Å²) >= 11 is 0. The van der Waals surface area contributed by atoms with E-state index in [0.29, 0.717) is 5.75 Å². The van der Waals surface area contributed by atoms with Crippen molar-refractivity contribution in [3.8, 4) is 11.5 Å². The Labute approximate surface area is 135 Å². The highest BCUT2D eigenvalue weighted by Gasteiger charge is 2.10. The first kappa shape index (κ1) is 17.2. The van der Waals surface area contributed by atoms with Gasteiger partial charge in [-0.3, -0.25) is 0 Å². The fraction of sp³-hybridized carbons (Fsp3) is 0.700. The lowest BCUT2D eigenvalue weighted by molar-refractivity contribution is 0.408. The molecule has 1 aliphatic carbocycles. The Hall–Kier alpha value is -1.18. The Bertz CT molecular complexity index is 404. The summed E-state index contributed by atoms with van der Waals surface area (Å²) in [4.78, 5) is 0. The van der Waals surface area contributed by atoms with Crippen LogP contribution in [-0.4, -0.2) is 12.2 Å². The average molecular weight is 304 g/mol. The maximum atomic E-state index is 10.5. The van der Waals surface area contributed by atoms with Crippen molar-refractivity contribution in [3.63, 3.8) is 0 Å². The lowest BCUT2D eigenvalue weighted by Crippen LogP contribution is -1.96. The minimum Gasteiger partial charge on any atom is -0.507 e. The van der Waals surface area contributed by atoms with Gasteiger partial charge in [0.2, 0.25) is 0 Å². The number of phenolic OH excluding ortho intramolecular Hbond substituents is 1. The lowest BCUT2D eigenvalue weighted by atomic mass is 9.97. The van der Waals surface area contributed by atoms with Crippen molar-refractivity contribution in [1.29, 1.82) is 0 Å². The third kappa shape index (κ3) is 5.55. The smallest absolute Gasteiger partial charge is 0.122 e. The lowest BCUT2D eigenvalue weighted by Gasteiger charge is -2.13. The molecule has 0 amide bonds. The van der Waals surface area contributed by atoms with Crippen LogP contribution in [0.3, 0.4) is 0 Å². The van der Waals surface area contributed by atoms with E-state index < -0.39 is 0 Å². The summed E-state index contributed by atoms with van der Waals surface area (Å²) < 4.78 is 5.42. The van der Waals surface area contributed by atoms with Gasteiger partial charge in [0.15, 0.2) is 0 Å². The number of hydrogen-bond donors (Lipinski definition) is 1. The van der Waals surface area contributed by atoms with E-state index in [4.69, 9.17) is 4.74 Å². The van der Waals surface area contributed by atoms with Gasteiger partial charge in [0, 0.05) is 0 Å². The molecular formula is C20H32O2. The van der Waals surface area contributed by atoms with E-state index in [9.17, 15) is 5.11 Å². The van der Waals surface area contributed by atoms with E-state index >= 15 is 0 Å². The van der Waals surface area contributed by atoms with Crippen LogP contribution in [0.5, 0.6) is 11.5 Å². The van der Waals surface area contributed by atoms with Crippen LogP contribution in [0.1, 0.15) is 81.8 Å². The van der Waals surface area contributed by atoms with E-state index in [2.05, 4.69) is 0 Å². The molecule has 0 radical (unpaired) electrons. The molecule has 1 aromatic carbocycles. The summed E-state index contributed by atoms with van der Waals surface area (Å²) in [6.07, 6.45) is 16.4. The largest absolute Gasteiger partial charge is 0.507 e. The number of methoxy groups -OCH3 is 1.